The van der Waals surface area contributed by atoms with E-state index in [0.717, 1.165) is 33.6 Å². The molecule has 0 aliphatic carbocycles. The number of benzene rings is 1. The van der Waals surface area contributed by atoms with Gasteiger partial charge < -0.3 is 10.5 Å². The Balaban J connectivity index is 1.87. The van der Waals surface area contributed by atoms with Gasteiger partial charge in [0.15, 0.2) is 0 Å². The number of fused-ring (bicyclic) bond motifs is 1. The molecule has 0 spiro atoms. The van der Waals surface area contributed by atoms with Gasteiger partial charge in [0, 0.05) is 29.4 Å². The van der Waals surface area contributed by atoms with E-state index in [-0.39, 0.29) is 0 Å². The topological polar surface area (TPSA) is 61.0 Å². The Morgan fingerprint density at radius 2 is 1.95 bits per heavy atom. The Bertz CT molecular complexity index is 766. The molecule has 0 fully saturated rings. The minimum atomic E-state index is 0.366. The molecule has 4 heteroatoms. The maximum atomic E-state index is 5.89. The van der Waals surface area contributed by atoms with Gasteiger partial charge in [0.2, 0.25) is 0 Å². The van der Waals surface area contributed by atoms with Crippen LogP contribution in [0.4, 0.5) is 0 Å². The Hall–Kier alpha value is -2.46. The van der Waals surface area contributed by atoms with Crippen LogP contribution in [0.1, 0.15) is 17.0 Å². The van der Waals surface area contributed by atoms with Crippen LogP contribution >= 0.6 is 0 Å². The van der Waals surface area contributed by atoms with Crippen LogP contribution in [-0.2, 0) is 13.2 Å². The highest BCUT2D eigenvalue weighted by molar-refractivity contribution is 5.81. The SMILES string of the molecule is Cc1ccc(OCc2cccc3cccnc23)c(CN)n1. The Kier molecular flexibility index (Phi) is 3.79. The van der Waals surface area contributed by atoms with Gasteiger partial charge in [-0.25, -0.2) is 0 Å². The van der Waals surface area contributed by atoms with Gasteiger partial charge in [-0.3, -0.25) is 9.97 Å². The summed E-state index contributed by atoms with van der Waals surface area (Å²) >= 11 is 0. The molecule has 1 aromatic carbocycles. The predicted molar refractivity (Wildman–Crippen MR) is 82.9 cm³/mol. The highest BCUT2D eigenvalue weighted by Crippen LogP contribution is 2.21. The van der Waals surface area contributed by atoms with E-state index >= 15 is 0 Å². The first-order chi connectivity index (χ1) is 10.3. The molecule has 106 valence electrons. The van der Waals surface area contributed by atoms with Gasteiger partial charge in [0.25, 0.3) is 0 Å². The molecule has 0 saturated carbocycles. The van der Waals surface area contributed by atoms with E-state index in [1.165, 1.54) is 0 Å². The smallest absolute Gasteiger partial charge is 0.142 e. The highest BCUT2D eigenvalue weighted by atomic mass is 16.5. The summed E-state index contributed by atoms with van der Waals surface area (Å²) in [4.78, 5) is 8.83. The summed E-state index contributed by atoms with van der Waals surface area (Å²) in [7, 11) is 0. The van der Waals surface area contributed by atoms with Gasteiger partial charge in [0.05, 0.1) is 11.2 Å². The van der Waals surface area contributed by atoms with Crippen molar-refractivity contribution in [2.75, 3.05) is 0 Å². The Morgan fingerprint density at radius 1 is 1.10 bits per heavy atom. The van der Waals surface area contributed by atoms with E-state index in [9.17, 15) is 0 Å². The lowest BCUT2D eigenvalue weighted by Crippen LogP contribution is -2.06. The summed E-state index contributed by atoms with van der Waals surface area (Å²) in [6.07, 6.45) is 1.80. The number of ether oxygens (including phenoxy) is 1. The fourth-order valence-electron chi connectivity index (χ4n) is 2.31. The van der Waals surface area contributed by atoms with Gasteiger partial charge in [-0.2, -0.15) is 0 Å². The van der Waals surface area contributed by atoms with Crippen molar-refractivity contribution in [3.63, 3.8) is 0 Å². The van der Waals surface area contributed by atoms with Gasteiger partial charge in [-0.1, -0.05) is 24.3 Å². The predicted octanol–water partition coefficient (Wildman–Crippen LogP) is 2.98. The molecule has 2 N–H and O–H groups in total. The van der Waals surface area contributed by atoms with E-state index in [1.54, 1.807) is 6.20 Å². The molecule has 2 aromatic heterocycles. The van der Waals surface area contributed by atoms with Crippen molar-refractivity contribution in [2.24, 2.45) is 5.73 Å². The molecular formula is C17H17N3O. The molecule has 0 saturated heterocycles. The van der Waals surface area contributed by atoms with Gasteiger partial charge in [-0.15, -0.1) is 0 Å². The number of nitrogens with two attached hydrogens (primary N) is 1. The molecule has 0 radical (unpaired) electrons. The zero-order valence-corrected chi connectivity index (χ0v) is 11.9. The lowest BCUT2D eigenvalue weighted by atomic mass is 10.1. The standard InChI is InChI=1S/C17H17N3O/c1-12-7-8-16(15(10-18)20-12)21-11-14-5-2-4-13-6-3-9-19-17(13)14/h2-9H,10-11,18H2,1H3. The van der Waals surface area contributed by atoms with Gasteiger partial charge >= 0.3 is 0 Å². The molecule has 21 heavy (non-hydrogen) atoms. The van der Waals surface area contributed by atoms with Crippen LogP contribution in [0.3, 0.4) is 0 Å². The van der Waals surface area contributed by atoms with Crippen LogP contribution in [0.5, 0.6) is 5.75 Å². The fourth-order valence-corrected chi connectivity index (χ4v) is 2.31. The highest BCUT2D eigenvalue weighted by Gasteiger charge is 2.07. The van der Waals surface area contributed by atoms with Crippen molar-refractivity contribution in [3.05, 3.63) is 65.6 Å². The number of hydrogen-bond acceptors (Lipinski definition) is 4. The molecule has 0 aliphatic heterocycles. The first-order valence-corrected chi connectivity index (χ1v) is 6.90. The molecule has 0 amide bonds. The third-order valence-corrected chi connectivity index (χ3v) is 3.36. The van der Waals surface area contributed by atoms with Crippen LogP contribution in [0.2, 0.25) is 0 Å². The van der Waals surface area contributed by atoms with E-state index in [1.807, 2.05) is 49.4 Å². The summed E-state index contributed by atoms with van der Waals surface area (Å²) in [5, 5.41) is 1.11. The third-order valence-electron chi connectivity index (χ3n) is 3.36. The van der Waals surface area contributed by atoms with E-state index in [2.05, 4.69) is 9.97 Å². The van der Waals surface area contributed by atoms with Crippen LogP contribution in [0.15, 0.2) is 48.7 Å². The minimum absolute atomic E-state index is 0.366. The van der Waals surface area contributed by atoms with Crippen LogP contribution < -0.4 is 10.5 Å². The monoisotopic (exact) mass is 279 g/mol. The van der Waals surface area contributed by atoms with Crippen molar-refractivity contribution in [3.8, 4) is 5.75 Å². The number of para-hydroxylation sites is 1. The summed E-state index contributed by atoms with van der Waals surface area (Å²) in [6, 6.07) is 13.9. The maximum absolute atomic E-state index is 5.89. The van der Waals surface area contributed by atoms with E-state index in [4.69, 9.17) is 10.5 Å². The Labute approximate surface area is 123 Å². The first kappa shape index (κ1) is 13.5. The number of aryl methyl sites for hydroxylation is 1. The number of aromatic nitrogens is 2. The average molecular weight is 279 g/mol. The molecule has 0 unspecified atom stereocenters. The molecule has 0 bridgehead atoms. The maximum Gasteiger partial charge on any atom is 0.142 e. The normalized spacial score (nSPS) is 10.8. The number of hydrogen-bond donors (Lipinski definition) is 1. The minimum Gasteiger partial charge on any atom is -0.487 e. The summed E-state index contributed by atoms with van der Waals surface area (Å²) in [5.74, 6) is 0.732. The Morgan fingerprint density at radius 3 is 2.81 bits per heavy atom. The molecule has 4 nitrogen and oxygen atoms in total. The lowest BCUT2D eigenvalue weighted by molar-refractivity contribution is 0.302. The van der Waals surface area contributed by atoms with Crippen molar-refractivity contribution in [2.45, 2.75) is 20.1 Å². The molecule has 3 rings (SSSR count). The second-order valence-electron chi connectivity index (χ2n) is 4.88. The molecule has 3 aromatic rings. The number of pyridine rings is 2. The molecular weight excluding hydrogens is 262 g/mol. The zero-order chi connectivity index (χ0) is 14.7. The van der Waals surface area contributed by atoms with Crippen LogP contribution in [0.25, 0.3) is 10.9 Å². The quantitative estimate of drug-likeness (QED) is 0.797. The van der Waals surface area contributed by atoms with Crippen LogP contribution in [0, 0.1) is 6.92 Å². The molecule has 0 atom stereocenters. The summed E-state index contributed by atoms with van der Waals surface area (Å²) in [5.41, 5.74) is 9.46. The summed E-state index contributed by atoms with van der Waals surface area (Å²) in [6.45, 7) is 2.76. The van der Waals surface area contributed by atoms with Gasteiger partial charge in [-0.05, 0) is 25.1 Å². The summed E-state index contributed by atoms with van der Waals surface area (Å²) < 4.78 is 5.89. The van der Waals surface area contributed by atoms with Crippen molar-refractivity contribution < 1.29 is 4.74 Å². The van der Waals surface area contributed by atoms with Crippen molar-refractivity contribution >= 4 is 10.9 Å². The first-order valence-electron chi connectivity index (χ1n) is 6.90. The fraction of sp³-hybridized carbons (Fsp3) is 0.176. The van der Waals surface area contributed by atoms with E-state index < -0.39 is 0 Å². The van der Waals surface area contributed by atoms with Crippen LogP contribution in [-0.4, -0.2) is 9.97 Å². The lowest BCUT2D eigenvalue weighted by Gasteiger charge is -2.11. The largest absolute Gasteiger partial charge is 0.487 e. The van der Waals surface area contributed by atoms with E-state index in [0.29, 0.717) is 13.2 Å². The zero-order valence-electron chi connectivity index (χ0n) is 11.9. The second-order valence-corrected chi connectivity index (χ2v) is 4.88. The average Bonchev–Trinajstić information content (AvgIpc) is 2.53. The van der Waals surface area contributed by atoms with Crippen molar-refractivity contribution in [1.29, 1.82) is 0 Å². The third kappa shape index (κ3) is 2.85. The van der Waals surface area contributed by atoms with Gasteiger partial charge in [0.1, 0.15) is 12.4 Å². The number of nitrogens with zero attached hydrogens (tertiary/aromatic N) is 2. The van der Waals surface area contributed by atoms with Crippen molar-refractivity contribution in [1.82, 2.24) is 9.97 Å². The second kappa shape index (κ2) is 5.89. The molecule has 0 aliphatic rings. The molecule has 2 heterocycles. The number of rotatable bonds is 4.